The predicted molar refractivity (Wildman–Crippen MR) is 87.3 cm³/mol. The molecule has 0 spiro atoms. The molecule has 0 bridgehead atoms. The van der Waals surface area contributed by atoms with E-state index in [1.165, 1.54) is 0 Å². The Hall–Kier alpha value is -2.53. The monoisotopic (exact) mass is 315 g/mol. The van der Waals surface area contributed by atoms with Crippen molar-refractivity contribution in [3.8, 4) is 11.5 Å². The van der Waals surface area contributed by atoms with E-state index in [2.05, 4.69) is 0 Å². The van der Waals surface area contributed by atoms with Crippen molar-refractivity contribution in [3.63, 3.8) is 0 Å². The van der Waals surface area contributed by atoms with Crippen LogP contribution in [0.3, 0.4) is 0 Å². The lowest BCUT2D eigenvalue weighted by Crippen LogP contribution is -2.23. The zero-order chi connectivity index (χ0) is 16.7. The smallest absolute Gasteiger partial charge is 0.327 e. The van der Waals surface area contributed by atoms with Gasteiger partial charge in [-0.2, -0.15) is 0 Å². The summed E-state index contributed by atoms with van der Waals surface area (Å²) < 4.78 is 16.0. The Labute approximate surface area is 136 Å². The molecule has 1 atom stereocenters. The molecule has 5 nitrogen and oxygen atoms in total. The number of benzene rings is 2. The third-order valence-electron chi connectivity index (χ3n) is 3.32. The Bertz CT molecular complexity index is 643. The fraction of sp³-hybridized carbons (Fsp3) is 0.278. The molecule has 0 heterocycles. The van der Waals surface area contributed by atoms with Crippen molar-refractivity contribution in [2.75, 3.05) is 13.7 Å². The van der Waals surface area contributed by atoms with Crippen LogP contribution in [0.5, 0.6) is 11.5 Å². The summed E-state index contributed by atoms with van der Waals surface area (Å²) in [5.74, 6) is 0.654. The Morgan fingerprint density at radius 3 is 2.52 bits per heavy atom. The number of nitrogens with two attached hydrogens (primary N) is 1. The van der Waals surface area contributed by atoms with Gasteiger partial charge in [0.25, 0.3) is 0 Å². The number of rotatable bonds is 7. The largest absolute Gasteiger partial charge is 0.493 e. The molecular weight excluding hydrogens is 294 g/mol. The molecule has 2 aromatic carbocycles. The first-order chi connectivity index (χ1) is 11.2. The summed E-state index contributed by atoms with van der Waals surface area (Å²) >= 11 is 0. The van der Waals surface area contributed by atoms with Crippen LogP contribution < -0.4 is 15.2 Å². The summed E-state index contributed by atoms with van der Waals surface area (Å²) in [6.07, 6.45) is 0. The fourth-order valence-electron chi connectivity index (χ4n) is 2.10. The van der Waals surface area contributed by atoms with Crippen molar-refractivity contribution < 1.29 is 19.0 Å². The fourth-order valence-corrected chi connectivity index (χ4v) is 2.10. The van der Waals surface area contributed by atoms with Crippen LogP contribution in [0.1, 0.15) is 24.1 Å². The Morgan fingerprint density at radius 2 is 1.87 bits per heavy atom. The molecule has 2 aromatic rings. The lowest BCUT2D eigenvalue weighted by atomic mass is 10.1. The number of hydrogen-bond acceptors (Lipinski definition) is 5. The van der Waals surface area contributed by atoms with Crippen LogP contribution in [-0.2, 0) is 16.1 Å². The molecule has 0 aliphatic rings. The van der Waals surface area contributed by atoms with Gasteiger partial charge in [-0.3, -0.25) is 0 Å². The lowest BCUT2D eigenvalue weighted by Gasteiger charge is -2.15. The van der Waals surface area contributed by atoms with Crippen LogP contribution >= 0.6 is 0 Å². The molecule has 0 aliphatic heterocycles. The molecule has 0 radical (unpaired) electrons. The standard InChI is InChI=1S/C18H21NO4/c1-3-22-18(20)17(19)14-9-10-15(16(11-14)21-2)23-12-13-7-5-4-6-8-13/h4-11,17H,3,12,19H2,1-2H3. The summed E-state index contributed by atoms with van der Waals surface area (Å²) in [5, 5.41) is 0. The van der Waals surface area contributed by atoms with E-state index in [0.717, 1.165) is 5.56 Å². The van der Waals surface area contributed by atoms with E-state index in [1.54, 1.807) is 32.2 Å². The van der Waals surface area contributed by atoms with Gasteiger partial charge in [-0.15, -0.1) is 0 Å². The molecule has 23 heavy (non-hydrogen) atoms. The topological polar surface area (TPSA) is 70.8 Å². The average molecular weight is 315 g/mol. The van der Waals surface area contributed by atoms with Gasteiger partial charge in [0.2, 0.25) is 0 Å². The van der Waals surface area contributed by atoms with E-state index in [4.69, 9.17) is 19.9 Å². The Morgan fingerprint density at radius 1 is 1.13 bits per heavy atom. The maximum absolute atomic E-state index is 11.7. The first-order valence-corrected chi connectivity index (χ1v) is 7.42. The molecule has 2 rings (SSSR count). The van der Waals surface area contributed by atoms with Crippen LogP contribution in [0.2, 0.25) is 0 Å². The molecule has 0 aromatic heterocycles. The van der Waals surface area contributed by atoms with Crippen LogP contribution in [0.25, 0.3) is 0 Å². The third kappa shape index (κ3) is 4.47. The average Bonchev–Trinajstić information content (AvgIpc) is 2.60. The number of ether oxygens (including phenoxy) is 3. The van der Waals surface area contributed by atoms with Gasteiger partial charge in [-0.25, -0.2) is 4.79 Å². The number of methoxy groups -OCH3 is 1. The summed E-state index contributed by atoms with van der Waals surface area (Å²) in [4.78, 5) is 11.7. The van der Waals surface area contributed by atoms with Gasteiger partial charge < -0.3 is 19.9 Å². The molecular formula is C18H21NO4. The highest BCUT2D eigenvalue weighted by molar-refractivity contribution is 5.77. The number of carbonyl (C=O) groups is 1. The van der Waals surface area contributed by atoms with Crippen molar-refractivity contribution in [2.24, 2.45) is 5.73 Å². The minimum absolute atomic E-state index is 0.294. The van der Waals surface area contributed by atoms with Gasteiger partial charge in [0, 0.05) is 0 Å². The highest BCUT2D eigenvalue weighted by Gasteiger charge is 2.19. The highest BCUT2D eigenvalue weighted by Crippen LogP contribution is 2.30. The normalized spacial score (nSPS) is 11.6. The molecule has 1 unspecified atom stereocenters. The van der Waals surface area contributed by atoms with Gasteiger partial charge in [0.05, 0.1) is 13.7 Å². The van der Waals surface area contributed by atoms with Crippen molar-refractivity contribution in [3.05, 3.63) is 59.7 Å². The second-order valence-electron chi connectivity index (χ2n) is 4.91. The first-order valence-electron chi connectivity index (χ1n) is 7.42. The van der Waals surface area contributed by atoms with Gasteiger partial charge in [-0.1, -0.05) is 36.4 Å². The third-order valence-corrected chi connectivity index (χ3v) is 3.32. The second-order valence-corrected chi connectivity index (χ2v) is 4.91. The predicted octanol–water partition coefficient (Wildman–Crippen LogP) is 2.84. The van der Waals surface area contributed by atoms with Gasteiger partial charge >= 0.3 is 5.97 Å². The molecule has 5 heteroatoms. The first kappa shape index (κ1) is 16.8. The molecule has 0 saturated carbocycles. The summed E-state index contributed by atoms with van der Waals surface area (Å²) in [7, 11) is 1.55. The summed E-state index contributed by atoms with van der Waals surface area (Å²) in [6.45, 7) is 2.47. The minimum atomic E-state index is -0.841. The van der Waals surface area contributed by atoms with Gasteiger partial charge in [-0.05, 0) is 30.2 Å². The van der Waals surface area contributed by atoms with E-state index in [1.807, 2.05) is 30.3 Å². The molecule has 122 valence electrons. The second kappa shape index (κ2) is 8.19. The zero-order valence-corrected chi connectivity index (χ0v) is 13.3. The number of hydrogen-bond donors (Lipinski definition) is 1. The minimum Gasteiger partial charge on any atom is -0.493 e. The van der Waals surface area contributed by atoms with Crippen LogP contribution in [0.4, 0.5) is 0 Å². The molecule has 0 fully saturated rings. The van der Waals surface area contributed by atoms with E-state index in [-0.39, 0.29) is 0 Å². The SMILES string of the molecule is CCOC(=O)C(N)c1ccc(OCc2ccccc2)c(OC)c1. The van der Waals surface area contributed by atoms with Crippen molar-refractivity contribution >= 4 is 5.97 Å². The van der Waals surface area contributed by atoms with Gasteiger partial charge in [0.1, 0.15) is 12.6 Å². The Balaban J connectivity index is 2.11. The summed E-state index contributed by atoms with van der Waals surface area (Å²) in [6, 6.07) is 14.2. The molecule has 2 N–H and O–H groups in total. The maximum atomic E-state index is 11.7. The number of esters is 1. The molecule has 0 saturated heterocycles. The number of carbonyl (C=O) groups excluding carboxylic acids is 1. The quantitative estimate of drug-likeness (QED) is 0.796. The zero-order valence-electron chi connectivity index (χ0n) is 13.3. The van der Waals surface area contributed by atoms with Crippen LogP contribution in [0, 0.1) is 0 Å². The van der Waals surface area contributed by atoms with Crippen molar-refractivity contribution in [2.45, 2.75) is 19.6 Å². The van der Waals surface area contributed by atoms with E-state index in [0.29, 0.717) is 30.3 Å². The lowest BCUT2D eigenvalue weighted by molar-refractivity contribution is -0.144. The van der Waals surface area contributed by atoms with E-state index < -0.39 is 12.0 Å². The van der Waals surface area contributed by atoms with Crippen LogP contribution in [0.15, 0.2) is 48.5 Å². The van der Waals surface area contributed by atoms with E-state index in [9.17, 15) is 4.79 Å². The maximum Gasteiger partial charge on any atom is 0.327 e. The Kier molecular flexibility index (Phi) is 6.00. The van der Waals surface area contributed by atoms with E-state index >= 15 is 0 Å². The highest BCUT2D eigenvalue weighted by atomic mass is 16.5. The summed E-state index contributed by atoms with van der Waals surface area (Å²) in [5.41, 5.74) is 7.57. The molecule has 0 aliphatic carbocycles. The van der Waals surface area contributed by atoms with Gasteiger partial charge in [0.15, 0.2) is 11.5 Å². The molecule has 0 amide bonds. The van der Waals surface area contributed by atoms with Crippen molar-refractivity contribution in [1.29, 1.82) is 0 Å². The van der Waals surface area contributed by atoms with Crippen molar-refractivity contribution in [1.82, 2.24) is 0 Å². The van der Waals surface area contributed by atoms with Crippen LogP contribution in [-0.4, -0.2) is 19.7 Å².